The largest absolute Gasteiger partial charge is 0.494 e. The van der Waals surface area contributed by atoms with Crippen molar-refractivity contribution in [1.29, 1.82) is 0 Å². The summed E-state index contributed by atoms with van der Waals surface area (Å²) in [6.07, 6.45) is 0.454. The summed E-state index contributed by atoms with van der Waals surface area (Å²) in [4.78, 5) is 13.8. The predicted molar refractivity (Wildman–Crippen MR) is 98.5 cm³/mol. The third-order valence-corrected chi connectivity index (χ3v) is 3.67. The monoisotopic (exact) mass is 345 g/mol. The lowest BCUT2D eigenvalue weighted by atomic mass is 10.2. The molecule has 6 heteroatoms. The number of hydrogen-bond acceptors (Lipinski definition) is 4. The summed E-state index contributed by atoms with van der Waals surface area (Å²) < 4.78 is 18.6. The Morgan fingerprint density at radius 2 is 1.80 bits per heavy atom. The molecule has 0 unspecified atom stereocenters. The van der Waals surface area contributed by atoms with Crippen LogP contribution in [-0.2, 0) is 11.3 Å². The topological polar surface area (TPSA) is 53.6 Å². The lowest BCUT2D eigenvalue weighted by Crippen LogP contribution is -2.20. The fourth-order valence-corrected chi connectivity index (χ4v) is 2.24. The molecule has 0 bridgehead atoms. The number of ether oxygens (including phenoxy) is 1. The van der Waals surface area contributed by atoms with Crippen molar-refractivity contribution in [2.75, 3.05) is 38.4 Å². The van der Waals surface area contributed by atoms with Gasteiger partial charge in [0.15, 0.2) is 11.6 Å². The zero-order valence-corrected chi connectivity index (χ0v) is 14.8. The third-order valence-electron chi connectivity index (χ3n) is 3.67. The molecule has 0 atom stereocenters. The van der Waals surface area contributed by atoms with Gasteiger partial charge in [0.1, 0.15) is 0 Å². The van der Waals surface area contributed by atoms with Gasteiger partial charge in [0.05, 0.1) is 7.11 Å². The summed E-state index contributed by atoms with van der Waals surface area (Å²) in [6.45, 7) is 1.21. The minimum absolute atomic E-state index is 0.0110. The van der Waals surface area contributed by atoms with Gasteiger partial charge in [-0.3, -0.25) is 4.79 Å². The second-order valence-electron chi connectivity index (χ2n) is 6.00. The van der Waals surface area contributed by atoms with Crippen molar-refractivity contribution >= 4 is 17.3 Å². The normalized spacial score (nSPS) is 10.6. The van der Waals surface area contributed by atoms with Gasteiger partial charge in [0.2, 0.25) is 5.91 Å². The number of methoxy groups -OCH3 is 1. The molecule has 0 spiro atoms. The first-order valence-corrected chi connectivity index (χ1v) is 8.09. The van der Waals surface area contributed by atoms with E-state index in [1.54, 1.807) is 6.07 Å². The molecule has 0 aliphatic heterocycles. The summed E-state index contributed by atoms with van der Waals surface area (Å²) in [5.74, 6) is -0.154. The molecule has 0 aliphatic carbocycles. The zero-order chi connectivity index (χ0) is 18.2. The van der Waals surface area contributed by atoms with Crippen LogP contribution in [0.5, 0.6) is 5.75 Å². The number of nitrogens with zero attached hydrogens (tertiary/aromatic N) is 1. The number of anilines is 2. The Bertz CT molecular complexity index is 702. The fourth-order valence-electron chi connectivity index (χ4n) is 2.24. The molecule has 5 nitrogen and oxygen atoms in total. The molecular formula is C19H24FN3O2. The Balaban J connectivity index is 1.86. The van der Waals surface area contributed by atoms with Crippen molar-refractivity contribution in [2.24, 2.45) is 0 Å². The van der Waals surface area contributed by atoms with E-state index < -0.39 is 0 Å². The van der Waals surface area contributed by atoms with Gasteiger partial charge < -0.3 is 20.3 Å². The second kappa shape index (κ2) is 9.03. The SMILES string of the molecule is COc1ccc(CNc2ccc(NC(=O)CCN(C)C)cc2)cc1F. The number of nitrogens with one attached hydrogen (secondary N) is 2. The molecule has 2 rings (SSSR count). The number of rotatable bonds is 8. The van der Waals surface area contributed by atoms with E-state index in [1.807, 2.05) is 49.3 Å². The molecule has 0 aliphatic rings. The molecule has 0 radical (unpaired) electrons. The van der Waals surface area contributed by atoms with Gasteiger partial charge in [-0.25, -0.2) is 4.39 Å². The molecule has 0 heterocycles. The van der Waals surface area contributed by atoms with Gasteiger partial charge in [-0.2, -0.15) is 0 Å². The van der Waals surface area contributed by atoms with Crippen LogP contribution in [0.25, 0.3) is 0 Å². The van der Waals surface area contributed by atoms with E-state index in [9.17, 15) is 9.18 Å². The van der Waals surface area contributed by atoms with Crippen molar-refractivity contribution in [3.63, 3.8) is 0 Å². The number of benzene rings is 2. The molecule has 0 saturated heterocycles. The number of amides is 1. The van der Waals surface area contributed by atoms with Crippen LogP contribution in [0.1, 0.15) is 12.0 Å². The zero-order valence-electron chi connectivity index (χ0n) is 14.8. The molecule has 1 amide bonds. The average molecular weight is 345 g/mol. The maximum absolute atomic E-state index is 13.7. The highest BCUT2D eigenvalue weighted by molar-refractivity contribution is 5.90. The van der Waals surface area contributed by atoms with Gasteiger partial charge >= 0.3 is 0 Å². The fraction of sp³-hybridized carbons (Fsp3) is 0.316. The first-order valence-electron chi connectivity index (χ1n) is 8.09. The quantitative estimate of drug-likeness (QED) is 0.770. The highest BCUT2D eigenvalue weighted by atomic mass is 19.1. The molecule has 0 fully saturated rings. The van der Waals surface area contributed by atoms with Crippen LogP contribution in [0, 0.1) is 5.82 Å². The number of halogens is 1. The molecule has 25 heavy (non-hydrogen) atoms. The number of hydrogen-bond donors (Lipinski definition) is 2. The lowest BCUT2D eigenvalue weighted by molar-refractivity contribution is -0.116. The van der Waals surface area contributed by atoms with Crippen molar-refractivity contribution in [1.82, 2.24) is 4.90 Å². The molecule has 2 aromatic carbocycles. The first-order chi connectivity index (χ1) is 12.0. The minimum Gasteiger partial charge on any atom is -0.494 e. The van der Waals surface area contributed by atoms with Gasteiger partial charge in [-0.15, -0.1) is 0 Å². The standard InChI is InChI=1S/C19H24FN3O2/c1-23(2)11-10-19(24)22-16-7-5-15(6-8-16)21-13-14-4-9-18(25-3)17(20)12-14/h4-9,12,21H,10-11,13H2,1-3H3,(H,22,24). The van der Waals surface area contributed by atoms with Crippen LogP contribution in [0.2, 0.25) is 0 Å². The summed E-state index contributed by atoms with van der Waals surface area (Å²) in [6, 6.07) is 12.3. The maximum atomic E-state index is 13.7. The molecule has 2 N–H and O–H groups in total. The van der Waals surface area contributed by atoms with Crippen molar-refractivity contribution < 1.29 is 13.9 Å². The average Bonchev–Trinajstić information content (AvgIpc) is 2.59. The Labute approximate surface area is 147 Å². The lowest BCUT2D eigenvalue weighted by Gasteiger charge is -2.11. The molecule has 0 aromatic heterocycles. The van der Waals surface area contributed by atoms with Crippen LogP contribution >= 0.6 is 0 Å². The second-order valence-corrected chi connectivity index (χ2v) is 6.00. The third kappa shape index (κ3) is 6.08. The van der Waals surface area contributed by atoms with Gasteiger partial charge in [-0.1, -0.05) is 6.07 Å². The van der Waals surface area contributed by atoms with E-state index in [0.717, 1.165) is 16.9 Å². The van der Waals surface area contributed by atoms with Gasteiger partial charge in [-0.05, 0) is 56.1 Å². The highest BCUT2D eigenvalue weighted by Gasteiger charge is 2.05. The Kier molecular flexibility index (Phi) is 6.77. The van der Waals surface area contributed by atoms with Crippen LogP contribution < -0.4 is 15.4 Å². The molecule has 134 valence electrons. The smallest absolute Gasteiger partial charge is 0.225 e. The number of carbonyl (C=O) groups excluding carboxylic acids is 1. The van der Waals surface area contributed by atoms with Gasteiger partial charge in [0, 0.05) is 30.9 Å². The minimum atomic E-state index is -0.377. The van der Waals surface area contributed by atoms with E-state index in [4.69, 9.17) is 4.74 Å². The Morgan fingerprint density at radius 1 is 1.12 bits per heavy atom. The van der Waals surface area contributed by atoms with Crippen LogP contribution in [0.3, 0.4) is 0 Å². The van der Waals surface area contributed by atoms with E-state index in [1.165, 1.54) is 13.2 Å². The molecule has 2 aromatic rings. The van der Waals surface area contributed by atoms with Crippen LogP contribution in [0.15, 0.2) is 42.5 Å². The molecular weight excluding hydrogens is 321 g/mol. The van der Waals surface area contributed by atoms with E-state index in [2.05, 4.69) is 10.6 Å². The van der Waals surface area contributed by atoms with Crippen LogP contribution in [0.4, 0.5) is 15.8 Å². The first kappa shape index (κ1) is 18.7. The summed E-state index contributed by atoms with van der Waals surface area (Å²) >= 11 is 0. The maximum Gasteiger partial charge on any atom is 0.225 e. The van der Waals surface area contributed by atoms with Crippen molar-refractivity contribution in [2.45, 2.75) is 13.0 Å². The summed E-state index contributed by atoms with van der Waals surface area (Å²) in [7, 11) is 5.31. The predicted octanol–water partition coefficient (Wildman–Crippen LogP) is 3.34. The van der Waals surface area contributed by atoms with E-state index >= 15 is 0 Å². The van der Waals surface area contributed by atoms with Gasteiger partial charge in [0.25, 0.3) is 0 Å². The summed E-state index contributed by atoms with van der Waals surface area (Å²) in [5.41, 5.74) is 2.46. The van der Waals surface area contributed by atoms with Crippen LogP contribution in [-0.4, -0.2) is 38.6 Å². The number of carbonyl (C=O) groups is 1. The Morgan fingerprint density at radius 3 is 2.40 bits per heavy atom. The summed E-state index contributed by atoms with van der Waals surface area (Å²) in [5, 5.41) is 6.08. The van der Waals surface area contributed by atoms with E-state index in [-0.39, 0.29) is 17.5 Å². The van der Waals surface area contributed by atoms with Crippen molar-refractivity contribution in [3.8, 4) is 5.75 Å². The molecule has 0 saturated carbocycles. The van der Waals surface area contributed by atoms with E-state index in [0.29, 0.717) is 19.5 Å². The Hall–Kier alpha value is -2.60. The van der Waals surface area contributed by atoms with Crippen molar-refractivity contribution in [3.05, 3.63) is 53.8 Å². The highest BCUT2D eigenvalue weighted by Crippen LogP contribution is 2.19.